The van der Waals surface area contributed by atoms with E-state index in [0.29, 0.717) is 12.1 Å². The number of methoxy groups -OCH3 is 1. The zero-order valence-electron chi connectivity index (χ0n) is 9.37. The Labute approximate surface area is 90.7 Å². The van der Waals surface area contributed by atoms with Crippen molar-refractivity contribution in [2.75, 3.05) is 19.0 Å². The fourth-order valence-corrected chi connectivity index (χ4v) is 1.24. The number of nitrogens with one attached hydrogen (secondary N) is 1. The average molecular weight is 204 g/mol. The normalized spacial score (nSPS) is 11.9. The van der Waals surface area contributed by atoms with E-state index in [-0.39, 0.29) is 6.10 Å². The molecule has 0 aliphatic rings. The Balaban J connectivity index is 2.75. The summed E-state index contributed by atoms with van der Waals surface area (Å²) >= 11 is 0. The van der Waals surface area contributed by atoms with E-state index >= 15 is 0 Å². The lowest BCUT2D eigenvalue weighted by Crippen LogP contribution is -2.18. The summed E-state index contributed by atoms with van der Waals surface area (Å²) in [5.41, 5.74) is 2.69. The Kier molecular flexibility index (Phi) is 4.14. The quantitative estimate of drug-likeness (QED) is 0.818. The smallest absolute Gasteiger partial charge is 0.101 e. The molecule has 0 saturated heterocycles. The molecule has 1 N–H and O–H groups in total. The van der Waals surface area contributed by atoms with Crippen LogP contribution in [-0.2, 0) is 4.74 Å². The molecule has 0 aromatic heterocycles. The van der Waals surface area contributed by atoms with Crippen LogP contribution in [0.15, 0.2) is 18.2 Å². The monoisotopic (exact) mass is 204 g/mol. The Bertz CT molecular complexity index is 368. The molecule has 1 atom stereocenters. The maximum atomic E-state index is 8.91. The molecule has 0 bridgehead atoms. The fourth-order valence-electron chi connectivity index (χ4n) is 1.24. The van der Waals surface area contributed by atoms with Gasteiger partial charge < -0.3 is 10.1 Å². The van der Waals surface area contributed by atoms with Crippen LogP contribution >= 0.6 is 0 Å². The molecule has 0 radical (unpaired) electrons. The molecule has 0 fully saturated rings. The Morgan fingerprint density at radius 1 is 1.53 bits per heavy atom. The zero-order valence-corrected chi connectivity index (χ0v) is 9.37. The van der Waals surface area contributed by atoms with Gasteiger partial charge in [-0.2, -0.15) is 5.26 Å². The Morgan fingerprint density at radius 2 is 2.27 bits per heavy atom. The Morgan fingerprint density at radius 3 is 2.87 bits per heavy atom. The lowest BCUT2D eigenvalue weighted by Gasteiger charge is -2.13. The Hall–Kier alpha value is -1.53. The molecule has 1 aromatic carbocycles. The number of benzene rings is 1. The SMILES string of the molecule is COC(C)CNc1cc(C)ccc1C#N. The van der Waals surface area contributed by atoms with Crippen LogP contribution in [0.25, 0.3) is 0 Å². The first-order chi connectivity index (χ1) is 7.17. The van der Waals surface area contributed by atoms with Gasteiger partial charge in [0.1, 0.15) is 6.07 Å². The van der Waals surface area contributed by atoms with Gasteiger partial charge in [-0.1, -0.05) is 6.07 Å². The van der Waals surface area contributed by atoms with Gasteiger partial charge in [-0.3, -0.25) is 0 Å². The van der Waals surface area contributed by atoms with E-state index < -0.39 is 0 Å². The minimum atomic E-state index is 0.136. The van der Waals surface area contributed by atoms with E-state index in [9.17, 15) is 0 Å². The number of rotatable bonds is 4. The molecule has 0 amide bonds. The van der Waals surface area contributed by atoms with Crippen molar-refractivity contribution in [3.63, 3.8) is 0 Å². The van der Waals surface area contributed by atoms with Crippen molar-refractivity contribution in [1.29, 1.82) is 5.26 Å². The van der Waals surface area contributed by atoms with Gasteiger partial charge in [0, 0.05) is 13.7 Å². The summed E-state index contributed by atoms with van der Waals surface area (Å²) < 4.78 is 5.13. The second-order valence-electron chi connectivity index (χ2n) is 3.59. The molecule has 1 rings (SSSR count). The summed E-state index contributed by atoms with van der Waals surface area (Å²) in [6.07, 6.45) is 0.136. The van der Waals surface area contributed by atoms with Crippen molar-refractivity contribution < 1.29 is 4.74 Å². The van der Waals surface area contributed by atoms with Crippen molar-refractivity contribution in [2.24, 2.45) is 0 Å². The molecule has 80 valence electrons. The molecule has 1 aromatic rings. The standard InChI is InChI=1S/C12H16N2O/c1-9-4-5-11(7-13)12(6-9)14-8-10(2)15-3/h4-6,10,14H,8H2,1-3H3. The lowest BCUT2D eigenvalue weighted by atomic mass is 10.1. The van der Waals surface area contributed by atoms with E-state index in [1.807, 2.05) is 32.0 Å². The number of hydrogen-bond donors (Lipinski definition) is 1. The number of nitriles is 1. The highest BCUT2D eigenvalue weighted by atomic mass is 16.5. The highest BCUT2D eigenvalue weighted by molar-refractivity contribution is 5.58. The maximum absolute atomic E-state index is 8.91. The lowest BCUT2D eigenvalue weighted by molar-refractivity contribution is 0.129. The van der Waals surface area contributed by atoms with Crippen molar-refractivity contribution in [3.8, 4) is 6.07 Å². The van der Waals surface area contributed by atoms with E-state index in [2.05, 4.69) is 11.4 Å². The predicted octanol–water partition coefficient (Wildman–Crippen LogP) is 2.31. The molecule has 3 nitrogen and oxygen atoms in total. The summed E-state index contributed by atoms with van der Waals surface area (Å²) in [5.74, 6) is 0. The van der Waals surface area contributed by atoms with Crippen LogP contribution in [0.5, 0.6) is 0 Å². The van der Waals surface area contributed by atoms with Gasteiger partial charge in [0.2, 0.25) is 0 Å². The van der Waals surface area contributed by atoms with E-state index in [4.69, 9.17) is 10.00 Å². The minimum absolute atomic E-state index is 0.136. The van der Waals surface area contributed by atoms with Crippen molar-refractivity contribution >= 4 is 5.69 Å². The van der Waals surface area contributed by atoms with Gasteiger partial charge in [0.15, 0.2) is 0 Å². The molecular formula is C12H16N2O. The van der Waals surface area contributed by atoms with Crippen molar-refractivity contribution in [3.05, 3.63) is 29.3 Å². The summed E-state index contributed by atoms with van der Waals surface area (Å²) in [4.78, 5) is 0. The second kappa shape index (κ2) is 5.38. The van der Waals surface area contributed by atoms with Crippen molar-refractivity contribution in [2.45, 2.75) is 20.0 Å². The molecule has 0 heterocycles. The molecule has 0 aliphatic carbocycles. The molecule has 1 unspecified atom stereocenters. The topological polar surface area (TPSA) is 45.0 Å². The van der Waals surface area contributed by atoms with Crippen molar-refractivity contribution in [1.82, 2.24) is 0 Å². The third kappa shape index (κ3) is 3.26. The van der Waals surface area contributed by atoms with Crippen LogP contribution in [0.3, 0.4) is 0 Å². The largest absolute Gasteiger partial charge is 0.381 e. The molecule has 0 aliphatic heterocycles. The highest BCUT2D eigenvalue weighted by Crippen LogP contribution is 2.16. The zero-order chi connectivity index (χ0) is 11.3. The van der Waals surface area contributed by atoms with Gasteiger partial charge in [0.05, 0.1) is 17.4 Å². The molecule has 15 heavy (non-hydrogen) atoms. The second-order valence-corrected chi connectivity index (χ2v) is 3.59. The fraction of sp³-hybridized carbons (Fsp3) is 0.417. The van der Waals surface area contributed by atoms with Gasteiger partial charge in [0.25, 0.3) is 0 Å². The molecule has 0 saturated carbocycles. The summed E-state index contributed by atoms with van der Waals surface area (Å²) in [6, 6.07) is 7.90. The van der Waals surface area contributed by atoms with E-state index in [1.54, 1.807) is 7.11 Å². The molecule has 3 heteroatoms. The average Bonchev–Trinajstić information content (AvgIpc) is 2.26. The van der Waals surface area contributed by atoms with E-state index in [1.165, 1.54) is 0 Å². The number of aryl methyl sites for hydroxylation is 1. The third-order valence-corrected chi connectivity index (χ3v) is 2.28. The van der Waals surface area contributed by atoms with E-state index in [0.717, 1.165) is 11.3 Å². The van der Waals surface area contributed by atoms with Crippen LogP contribution in [0.4, 0.5) is 5.69 Å². The number of anilines is 1. The summed E-state index contributed by atoms with van der Waals surface area (Å²) in [7, 11) is 1.67. The predicted molar refractivity (Wildman–Crippen MR) is 60.9 cm³/mol. The number of hydrogen-bond acceptors (Lipinski definition) is 3. The van der Waals surface area contributed by atoms with Crippen LogP contribution in [-0.4, -0.2) is 19.8 Å². The van der Waals surface area contributed by atoms with Gasteiger partial charge in [-0.15, -0.1) is 0 Å². The first kappa shape index (κ1) is 11.5. The third-order valence-electron chi connectivity index (χ3n) is 2.28. The van der Waals surface area contributed by atoms with Crippen LogP contribution in [0.2, 0.25) is 0 Å². The minimum Gasteiger partial charge on any atom is -0.381 e. The first-order valence-corrected chi connectivity index (χ1v) is 4.94. The summed E-state index contributed by atoms with van der Waals surface area (Å²) in [6.45, 7) is 4.69. The molecule has 0 spiro atoms. The van der Waals surface area contributed by atoms with Crippen LogP contribution in [0, 0.1) is 18.3 Å². The van der Waals surface area contributed by atoms with Crippen LogP contribution in [0.1, 0.15) is 18.1 Å². The molecular weight excluding hydrogens is 188 g/mol. The highest BCUT2D eigenvalue weighted by Gasteiger charge is 2.03. The van der Waals surface area contributed by atoms with Gasteiger partial charge in [-0.25, -0.2) is 0 Å². The number of ether oxygens (including phenoxy) is 1. The first-order valence-electron chi connectivity index (χ1n) is 4.94. The van der Waals surface area contributed by atoms with Gasteiger partial charge >= 0.3 is 0 Å². The number of nitrogens with zero attached hydrogens (tertiary/aromatic N) is 1. The maximum Gasteiger partial charge on any atom is 0.101 e. The summed E-state index contributed by atoms with van der Waals surface area (Å²) in [5, 5.41) is 12.1. The van der Waals surface area contributed by atoms with Gasteiger partial charge in [-0.05, 0) is 31.5 Å². The van der Waals surface area contributed by atoms with Crippen LogP contribution < -0.4 is 5.32 Å².